The van der Waals surface area contributed by atoms with Crippen LogP contribution in [0, 0.1) is 22.2 Å². The Morgan fingerprint density at radius 2 is 1.83 bits per heavy atom. The highest BCUT2D eigenvalue weighted by Gasteiger charge is 2.65. The normalized spacial score (nSPS) is 44.5. The average molecular weight is 320 g/mol. The molecule has 3 aliphatic carbocycles. The van der Waals surface area contributed by atoms with Crippen LogP contribution in [-0.4, -0.2) is 30.7 Å². The number of hydrogen-bond acceptors (Lipinski definition) is 3. The summed E-state index contributed by atoms with van der Waals surface area (Å²) in [6.07, 6.45) is 10.4. The molecule has 3 atom stereocenters. The second kappa shape index (κ2) is 5.06. The van der Waals surface area contributed by atoms with Crippen LogP contribution < -0.4 is 0 Å². The van der Waals surface area contributed by atoms with Crippen molar-refractivity contribution in [3.63, 3.8) is 0 Å². The Morgan fingerprint density at radius 3 is 2.52 bits per heavy atom. The molecule has 3 heteroatoms. The summed E-state index contributed by atoms with van der Waals surface area (Å²) in [5.74, 6) is 0.178. The maximum absolute atomic E-state index is 10.2. The summed E-state index contributed by atoms with van der Waals surface area (Å²) in [6.45, 7) is 8.96. The topological polar surface area (TPSA) is 38.7 Å². The fourth-order valence-corrected chi connectivity index (χ4v) is 6.76. The number of aliphatic hydroxyl groups is 1. The fraction of sp³-hybridized carbons (Fsp3) is 0.900. The molecular formula is C20H32O3. The molecule has 1 spiro atoms. The SMILES string of the molecule is CC1(C)[C@@H]2CC[C@@]3(CO)CCCC=C3[C@@]2(C)CCC12OCCO2. The van der Waals surface area contributed by atoms with Crippen molar-refractivity contribution >= 4 is 0 Å². The Hall–Kier alpha value is -0.380. The molecule has 23 heavy (non-hydrogen) atoms. The summed E-state index contributed by atoms with van der Waals surface area (Å²) in [5.41, 5.74) is 1.82. The second-order valence-electron chi connectivity index (χ2n) is 9.13. The smallest absolute Gasteiger partial charge is 0.173 e. The molecule has 4 aliphatic rings. The largest absolute Gasteiger partial charge is 0.395 e. The van der Waals surface area contributed by atoms with Crippen LogP contribution in [0.15, 0.2) is 11.6 Å². The molecule has 0 bridgehead atoms. The van der Waals surface area contributed by atoms with Gasteiger partial charge in [0.05, 0.1) is 19.8 Å². The van der Waals surface area contributed by atoms with E-state index in [1.807, 2.05) is 0 Å². The van der Waals surface area contributed by atoms with E-state index in [9.17, 15) is 5.11 Å². The third kappa shape index (κ3) is 1.93. The molecule has 3 fully saturated rings. The van der Waals surface area contributed by atoms with E-state index in [0.717, 1.165) is 38.9 Å². The highest BCUT2D eigenvalue weighted by molar-refractivity contribution is 5.32. The van der Waals surface area contributed by atoms with E-state index < -0.39 is 0 Å². The summed E-state index contributed by atoms with van der Waals surface area (Å²) in [5, 5.41) is 10.2. The molecule has 0 unspecified atom stereocenters. The lowest BCUT2D eigenvalue weighted by molar-refractivity contribution is -0.285. The first-order valence-electron chi connectivity index (χ1n) is 9.50. The zero-order valence-corrected chi connectivity index (χ0v) is 15.0. The molecular weight excluding hydrogens is 288 g/mol. The van der Waals surface area contributed by atoms with Crippen LogP contribution in [0.3, 0.4) is 0 Å². The monoisotopic (exact) mass is 320 g/mol. The highest BCUT2D eigenvalue weighted by atomic mass is 16.7. The molecule has 0 amide bonds. The number of hydrogen-bond donors (Lipinski definition) is 1. The lowest BCUT2D eigenvalue weighted by Crippen LogP contribution is -2.62. The quantitative estimate of drug-likeness (QED) is 0.741. The molecule has 1 saturated heterocycles. The van der Waals surface area contributed by atoms with Crippen LogP contribution in [0.25, 0.3) is 0 Å². The van der Waals surface area contributed by atoms with Crippen molar-refractivity contribution in [1.29, 1.82) is 0 Å². The number of allylic oxidation sites excluding steroid dienone is 1. The molecule has 1 heterocycles. The lowest BCUT2D eigenvalue weighted by Gasteiger charge is -2.64. The molecule has 4 rings (SSSR count). The third-order valence-corrected chi connectivity index (χ3v) is 7.96. The maximum atomic E-state index is 10.2. The van der Waals surface area contributed by atoms with Crippen LogP contribution in [0.4, 0.5) is 0 Å². The number of aliphatic hydroxyl groups excluding tert-OH is 1. The predicted molar refractivity (Wildman–Crippen MR) is 89.9 cm³/mol. The Kier molecular flexibility index (Phi) is 3.54. The van der Waals surface area contributed by atoms with Gasteiger partial charge in [-0.1, -0.05) is 32.4 Å². The van der Waals surface area contributed by atoms with Gasteiger partial charge in [-0.25, -0.2) is 0 Å². The van der Waals surface area contributed by atoms with Crippen LogP contribution in [0.2, 0.25) is 0 Å². The molecule has 0 aromatic heterocycles. The number of rotatable bonds is 1. The van der Waals surface area contributed by atoms with Gasteiger partial charge in [0.15, 0.2) is 5.79 Å². The zero-order chi connectivity index (χ0) is 16.3. The lowest BCUT2D eigenvalue weighted by atomic mass is 9.43. The Bertz CT molecular complexity index is 517. The second-order valence-corrected chi connectivity index (χ2v) is 9.13. The molecule has 1 aliphatic heterocycles. The minimum Gasteiger partial charge on any atom is -0.395 e. The van der Waals surface area contributed by atoms with Gasteiger partial charge in [-0.3, -0.25) is 0 Å². The van der Waals surface area contributed by atoms with Crippen LogP contribution >= 0.6 is 0 Å². The van der Waals surface area contributed by atoms with Gasteiger partial charge in [0.2, 0.25) is 0 Å². The standard InChI is InChI=1S/C20H32O3/c1-17(2)15-7-9-19(14-21)8-5-4-6-16(19)18(15,3)10-11-20(17)22-12-13-23-20/h6,15,21H,4-5,7-14H2,1-3H3/t15-,18-,19+/m0/s1. The van der Waals surface area contributed by atoms with E-state index in [4.69, 9.17) is 9.47 Å². The first kappa shape index (κ1) is 16.1. The molecule has 2 saturated carbocycles. The third-order valence-electron chi connectivity index (χ3n) is 7.96. The molecule has 0 radical (unpaired) electrons. The summed E-state index contributed by atoms with van der Waals surface area (Å²) in [6, 6.07) is 0. The van der Waals surface area contributed by atoms with Gasteiger partial charge in [0, 0.05) is 17.3 Å². The molecule has 0 aromatic rings. The van der Waals surface area contributed by atoms with Gasteiger partial charge < -0.3 is 14.6 Å². The predicted octanol–water partition coefficient (Wildman–Crippen LogP) is 4.05. The Labute approximate surface area is 140 Å². The van der Waals surface area contributed by atoms with Crippen LogP contribution in [0.1, 0.15) is 65.7 Å². The van der Waals surface area contributed by atoms with Crippen molar-refractivity contribution in [2.75, 3.05) is 19.8 Å². The van der Waals surface area contributed by atoms with E-state index in [0.29, 0.717) is 12.5 Å². The number of fused-ring (bicyclic) bond motifs is 3. The summed E-state index contributed by atoms with van der Waals surface area (Å²) in [7, 11) is 0. The number of ether oxygens (including phenoxy) is 2. The first-order valence-corrected chi connectivity index (χ1v) is 9.50. The van der Waals surface area contributed by atoms with E-state index in [1.165, 1.54) is 19.3 Å². The summed E-state index contributed by atoms with van der Waals surface area (Å²) < 4.78 is 12.4. The van der Waals surface area contributed by atoms with Crippen molar-refractivity contribution in [3.05, 3.63) is 11.6 Å². The van der Waals surface area contributed by atoms with Crippen molar-refractivity contribution < 1.29 is 14.6 Å². The van der Waals surface area contributed by atoms with Gasteiger partial charge in [-0.2, -0.15) is 0 Å². The van der Waals surface area contributed by atoms with Crippen molar-refractivity contribution in [3.8, 4) is 0 Å². The van der Waals surface area contributed by atoms with Crippen LogP contribution in [-0.2, 0) is 9.47 Å². The Balaban J connectivity index is 1.76. The van der Waals surface area contributed by atoms with E-state index in [-0.39, 0.29) is 22.0 Å². The average Bonchev–Trinajstić information content (AvgIpc) is 3.03. The fourth-order valence-electron chi connectivity index (χ4n) is 6.76. The highest BCUT2D eigenvalue weighted by Crippen LogP contribution is 2.68. The van der Waals surface area contributed by atoms with E-state index >= 15 is 0 Å². The minimum absolute atomic E-state index is 0.0103. The van der Waals surface area contributed by atoms with Crippen molar-refractivity contribution in [2.45, 2.75) is 71.5 Å². The molecule has 130 valence electrons. The van der Waals surface area contributed by atoms with Crippen molar-refractivity contribution in [2.24, 2.45) is 22.2 Å². The van der Waals surface area contributed by atoms with Gasteiger partial charge in [-0.05, 0) is 49.9 Å². The van der Waals surface area contributed by atoms with E-state index in [2.05, 4.69) is 26.8 Å². The molecule has 3 nitrogen and oxygen atoms in total. The van der Waals surface area contributed by atoms with Gasteiger partial charge >= 0.3 is 0 Å². The summed E-state index contributed by atoms with van der Waals surface area (Å²) in [4.78, 5) is 0. The van der Waals surface area contributed by atoms with Crippen molar-refractivity contribution in [1.82, 2.24) is 0 Å². The Morgan fingerprint density at radius 1 is 1.09 bits per heavy atom. The van der Waals surface area contributed by atoms with Gasteiger partial charge in [0.1, 0.15) is 0 Å². The van der Waals surface area contributed by atoms with Crippen LogP contribution in [0.5, 0.6) is 0 Å². The summed E-state index contributed by atoms with van der Waals surface area (Å²) >= 11 is 0. The van der Waals surface area contributed by atoms with Gasteiger partial charge in [0.25, 0.3) is 0 Å². The minimum atomic E-state index is -0.383. The molecule has 0 aromatic carbocycles. The van der Waals surface area contributed by atoms with Gasteiger partial charge in [-0.15, -0.1) is 0 Å². The zero-order valence-electron chi connectivity index (χ0n) is 15.0. The van der Waals surface area contributed by atoms with E-state index in [1.54, 1.807) is 5.57 Å². The maximum Gasteiger partial charge on any atom is 0.173 e. The first-order chi connectivity index (χ1) is 10.9. The molecule has 1 N–H and O–H groups in total.